The molecule has 2 heterocycles. The summed E-state index contributed by atoms with van der Waals surface area (Å²) in [6.07, 6.45) is 5.26. The lowest BCUT2D eigenvalue weighted by Gasteiger charge is -2.35. The SMILES string of the molecule is Cc1sc2ccccc2c1C(CCS)N1CCCCC1. The molecule has 108 valence electrons. The summed E-state index contributed by atoms with van der Waals surface area (Å²) in [7, 11) is 0. The van der Waals surface area contributed by atoms with Crippen LogP contribution in [0.15, 0.2) is 24.3 Å². The van der Waals surface area contributed by atoms with Gasteiger partial charge in [0.05, 0.1) is 0 Å². The third kappa shape index (κ3) is 2.76. The van der Waals surface area contributed by atoms with E-state index < -0.39 is 0 Å². The van der Waals surface area contributed by atoms with Gasteiger partial charge in [0, 0.05) is 15.6 Å². The van der Waals surface area contributed by atoms with E-state index in [-0.39, 0.29) is 0 Å². The minimum Gasteiger partial charge on any atom is -0.296 e. The quantitative estimate of drug-likeness (QED) is 0.773. The molecule has 1 unspecified atom stereocenters. The first-order valence-corrected chi connectivity index (χ1v) is 9.09. The molecule has 3 heteroatoms. The van der Waals surface area contributed by atoms with Crippen LogP contribution in [0.3, 0.4) is 0 Å². The monoisotopic (exact) mass is 305 g/mol. The van der Waals surface area contributed by atoms with Gasteiger partial charge in [-0.15, -0.1) is 11.3 Å². The highest BCUT2D eigenvalue weighted by atomic mass is 32.1. The van der Waals surface area contributed by atoms with E-state index in [9.17, 15) is 0 Å². The summed E-state index contributed by atoms with van der Waals surface area (Å²) < 4.78 is 1.43. The van der Waals surface area contributed by atoms with Gasteiger partial charge in [-0.2, -0.15) is 12.6 Å². The number of benzene rings is 1. The second-order valence-corrected chi connectivity index (χ2v) is 7.40. The number of aryl methyl sites for hydroxylation is 1. The minimum absolute atomic E-state index is 0.559. The van der Waals surface area contributed by atoms with Crippen LogP contribution in [-0.2, 0) is 0 Å². The van der Waals surface area contributed by atoms with E-state index in [1.54, 1.807) is 5.56 Å². The molecule has 1 aliphatic heterocycles. The fourth-order valence-electron chi connectivity index (χ4n) is 3.46. The predicted octanol–water partition coefficient (Wildman–Crippen LogP) is 5.06. The van der Waals surface area contributed by atoms with Crippen molar-refractivity contribution in [1.29, 1.82) is 0 Å². The predicted molar refractivity (Wildman–Crippen MR) is 93.2 cm³/mol. The normalized spacial score (nSPS) is 18.5. The lowest BCUT2D eigenvalue weighted by molar-refractivity contribution is 0.161. The Hall–Kier alpha value is -0.510. The maximum atomic E-state index is 4.52. The maximum Gasteiger partial charge on any atom is 0.0372 e. The van der Waals surface area contributed by atoms with Crippen LogP contribution in [-0.4, -0.2) is 23.7 Å². The summed E-state index contributed by atoms with van der Waals surface area (Å²) in [5, 5.41) is 1.47. The van der Waals surface area contributed by atoms with Gasteiger partial charge in [0.25, 0.3) is 0 Å². The number of piperidine rings is 1. The molecule has 0 N–H and O–H groups in total. The third-order valence-electron chi connectivity index (χ3n) is 4.39. The molecule has 3 rings (SSSR count). The van der Waals surface area contributed by atoms with Gasteiger partial charge in [0.15, 0.2) is 0 Å². The van der Waals surface area contributed by atoms with Crippen molar-refractivity contribution in [3.8, 4) is 0 Å². The molecule has 2 aromatic rings. The molecule has 1 saturated heterocycles. The van der Waals surface area contributed by atoms with Crippen molar-refractivity contribution in [2.45, 2.75) is 38.6 Å². The minimum atomic E-state index is 0.559. The Morgan fingerprint density at radius 1 is 1.20 bits per heavy atom. The Morgan fingerprint density at radius 2 is 1.95 bits per heavy atom. The number of fused-ring (bicyclic) bond motifs is 1. The zero-order valence-electron chi connectivity index (χ0n) is 12.1. The summed E-state index contributed by atoms with van der Waals surface area (Å²) in [4.78, 5) is 4.19. The topological polar surface area (TPSA) is 3.24 Å². The van der Waals surface area contributed by atoms with Crippen LogP contribution >= 0.6 is 24.0 Å². The van der Waals surface area contributed by atoms with Crippen molar-refractivity contribution < 1.29 is 0 Å². The van der Waals surface area contributed by atoms with Crippen LogP contribution in [0.4, 0.5) is 0 Å². The highest BCUT2D eigenvalue weighted by Gasteiger charge is 2.25. The number of nitrogens with zero attached hydrogens (tertiary/aromatic N) is 1. The lowest BCUT2D eigenvalue weighted by atomic mass is 9.97. The van der Waals surface area contributed by atoms with Gasteiger partial charge in [0.1, 0.15) is 0 Å². The fourth-order valence-corrected chi connectivity index (χ4v) is 4.83. The summed E-state index contributed by atoms with van der Waals surface area (Å²) in [6, 6.07) is 9.43. The summed E-state index contributed by atoms with van der Waals surface area (Å²) >= 11 is 6.46. The van der Waals surface area contributed by atoms with Crippen molar-refractivity contribution in [3.63, 3.8) is 0 Å². The van der Waals surface area contributed by atoms with Crippen molar-refractivity contribution >= 4 is 34.1 Å². The first kappa shape index (κ1) is 14.4. The van der Waals surface area contributed by atoms with Gasteiger partial charge in [0.2, 0.25) is 0 Å². The van der Waals surface area contributed by atoms with Crippen LogP contribution in [0.1, 0.15) is 42.2 Å². The smallest absolute Gasteiger partial charge is 0.0372 e. The Balaban J connectivity index is 2.01. The summed E-state index contributed by atoms with van der Waals surface area (Å²) in [5.41, 5.74) is 1.57. The fraction of sp³-hybridized carbons (Fsp3) is 0.529. The van der Waals surface area contributed by atoms with E-state index in [0.29, 0.717) is 6.04 Å². The molecule has 1 aliphatic rings. The van der Waals surface area contributed by atoms with E-state index in [4.69, 9.17) is 0 Å². The number of hydrogen-bond acceptors (Lipinski definition) is 3. The number of rotatable bonds is 4. The second kappa shape index (κ2) is 6.50. The average molecular weight is 306 g/mol. The average Bonchev–Trinajstić information content (AvgIpc) is 2.82. The Bertz CT molecular complexity index is 569. The van der Waals surface area contributed by atoms with Crippen molar-refractivity contribution in [1.82, 2.24) is 4.90 Å². The van der Waals surface area contributed by atoms with E-state index in [2.05, 4.69) is 48.7 Å². The van der Waals surface area contributed by atoms with Crippen LogP contribution in [0.25, 0.3) is 10.1 Å². The second-order valence-electron chi connectivity index (χ2n) is 5.69. The molecule has 0 aliphatic carbocycles. The van der Waals surface area contributed by atoms with Crippen molar-refractivity contribution in [2.24, 2.45) is 0 Å². The Morgan fingerprint density at radius 3 is 2.70 bits per heavy atom. The standard InChI is InChI=1S/C17H23NS2/c1-13-17(14-7-3-4-8-16(14)20-13)15(9-12-19)18-10-5-2-6-11-18/h3-4,7-8,15,19H,2,5-6,9-12H2,1H3. The number of thiophene rings is 1. The van der Waals surface area contributed by atoms with Gasteiger partial charge in [-0.05, 0) is 62.0 Å². The number of likely N-dealkylation sites (tertiary alicyclic amines) is 1. The summed E-state index contributed by atoms with van der Waals surface area (Å²) in [5.74, 6) is 0.963. The van der Waals surface area contributed by atoms with Crippen LogP contribution in [0, 0.1) is 6.92 Å². The van der Waals surface area contributed by atoms with Gasteiger partial charge in [-0.3, -0.25) is 4.90 Å². The first-order valence-electron chi connectivity index (χ1n) is 7.64. The van der Waals surface area contributed by atoms with E-state index in [1.165, 1.54) is 47.3 Å². The Labute approximate surface area is 131 Å². The lowest BCUT2D eigenvalue weighted by Crippen LogP contribution is -2.34. The van der Waals surface area contributed by atoms with Crippen LogP contribution < -0.4 is 0 Å². The first-order chi connectivity index (χ1) is 9.81. The molecule has 1 fully saturated rings. The van der Waals surface area contributed by atoms with E-state index >= 15 is 0 Å². The molecule has 0 spiro atoms. The molecule has 20 heavy (non-hydrogen) atoms. The van der Waals surface area contributed by atoms with Crippen LogP contribution in [0.2, 0.25) is 0 Å². The Kier molecular flexibility index (Phi) is 4.69. The molecule has 0 saturated carbocycles. The maximum absolute atomic E-state index is 4.52. The van der Waals surface area contributed by atoms with E-state index in [0.717, 1.165) is 12.2 Å². The van der Waals surface area contributed by atoms with Crippen molar-refractivity contribution in [3.05, 3.63) is 34.7 Å². The molecule has 1 atom stereocenters. The molecule has 0 radical (unpaired) electrons. The van der Waals surface area contributed by atoms with Gasteiger partial charge < -0.3 is 0 Å². The van der Waals surface area contributed by atoms with Gasteiger partial charge >= 0.3 is 0 Å². The zero-order valence-corrected chi connectivity index (χ0v) is 13.9. The molecule has 1 aromatic carbocycles. The molecule has 1 aromatic heterocycles. The van der Waals surface area contributed by atoms with Crippen molar-refractivity contribution in [2.75, 3.05) is 18.8 Å². The largest absolute Gasteiger partial charge is 0.296 e. The highest BCUT2D eigenvalue weighted by molar-refractivity contribution is 7.80. The molecular formula is C17H23NS2. The molecule has 0 amide bonds. The van der Waals surface area contributed by atoms with Gasteiger partial charge in [-0.1, -0.05) is 24.6 Å². The zero-order chi connectivity index (χ0) is 13.9. The highest BCUT2D eigenvalue weighted by Crippen LogP contribution is 2.39. The van der Waals surface area contributed by atoms with Gasteiger partial charge in [-0.25, -0.2) is 0 Å². The third-order valence-corrected chi connectivity index (χ3v) is 5.75. The number of thiol groups is 1. The molecule has 1 nitrogen and oxygen atoms in total. The van der Waals surface area contributed by atoms with E-state index in [1.807, 2.05) is 11.3 Å². The molecule has 0 bridgehead atoms. The molecular weight excluding hydrogens is 282 g/mol. The summed E-state index contributed by atoms with van der Waals surface area (Å²) in [6.45, 7) is 4.79. The number of hydrogen-bond donors (Lipinski definition) is 1. The van der Waals surface area contributed by atoms with Crippen LogP contribution in [0.5, 0.6) is 0 Å².